The van der Waals surface area contributed by atoms with Gasteiger partial charge in [-0.1, -0.05) is 12.1 Å². The SMILES string of the molecule is O=S(=O)(c1cc(F)c(Br)cc1F)N(Cc1cccc(O)c1)c1ccc(OCCN2CCCC2)cc1. The number of halogens is 3. The molecule has 3 aromatic carbocycles. The number of ether oxygens (including phenoxy) is 1. The molecular weight excluding hydrogens is 542 g/mol. The van der Waals surface area contributed by atoms with Gasteiger partial charge in [0.15, 0.2) is 0 Å². The normalized spacial score (nSPS) is 14.3. The molecule has 0 atom stereocenters. The highest BCUT2D eigenvalue weighted by molar-refractivity contribution is 9.10. The molecule has 3 aromatic rings. The summed E-state index contributed by atoms with van der Waals surface area (Å²) in [5.74, 6) is -1.45. The minimum Gasteiger partial charge on any atom is -0.508 e. The Morgan fingerprint density at radius 3 is 2.40 bits per heavy atom. The van der Waals surface area contributed by atoms with E-state index < -0.39 is 26.6 Å². The largest absolute Gasteiger partial charge is 0.508 e. The zero-order valence-electron chi connectivity index (χ0n) is 18.8. The molecule has 0 spiro atoms. The highest BCUT2D eigenvalue weighted by Gasteiger charge is 2.29. The van der Waals surface area contributed by atoms with Crippen molar-refractivity contribution in [2.45, 2.75) is 24.3 Å². The van der Waals surface area contributed by atoms with Crippen molar-refractivity contribution in [2.24, 2.45) is 0 Å². The lowest BCUT2D eigenvalue weighted by molar-refractivity contribution is 0.238. The van der Waals surface area contributed by atoms with Crippen LogP contribution >= 0.6 is 15.9 Å². The van der Waals surface area contributed by atoms with Crippen LogP contribution in [0.25, 0.3) is 0 Å². The van der Waals surface area contributed by atoms with Crippen molar-refractivity contribution < 1.29 is 27.0 Å². The summed E-state index contributed by atoms with van der Waals surface area (Å²) in [4.78, 5) is 1.54. The molecule has 4 rings (SSSR count). The Balaban J connectivity index is 1.62. The summed E-state index contributed by atoms with van der Waals surface area (Å²) in [6.45, 7) is 3.25. The number of rotatable bonds is 9. The first kappa shape index (κ1) is 25.4. The van der Waals surface area contributed by atoms with Gasteiger partial charge in [-0.15, -0.1) is 0 Å². The number of anilines is 1. The standard InChI is InChI=1S/C25H25BrF2N2O4S/c26-22-15-24(28)25(16-23(22)27)35(32,33)30(17-18-4-3-5-20(31)14-18)19-6-8-21(9-7-19)34-13-12-29-10-1-2-11-29/h3-9,14-16,31H,1-2,10-13,17H2. The predicted octanol–water partition coefficient (Wildman–Crippen LogP) is 5.30. The Hall–Kier alpha value is -2.69. The van der Waals surface area contributed by atoms with Crippen LogP contribution in [-0.4, -0.2) is 44.7 Å². The molecule has 0 bridgehead atoms. The van der Waals surface area contributed by atoms with Gasteiger partial charge in [-0.25, -0.2) is 17.2 Å². The van der Waals surface area contributed by atoms with Crippen LogP contribution in [0.1, 0.15) is 18.4 Å². The van der Waals surface area contributed by atoms with Gasteiger partial charge in [0.2, 0.25) is 0 Å². The topological polar surface area (TPSA) is 70.1 Å². The summed E-state index contributed by atoms with van der Waals surface area (Å²) in [6.07, 6.45) is 2.39. The fraction of sp³-hybridized carbons (Fsp3) is 0.280. The van der Waals surface area contributed by atoms with Crippen LogP contribution in [0.4, 0.5) is 14.5 Å². The van der Waals surface area contributed by atoms with Crippen molar-refractivity contribution >= 4 is 31.6 Å². The summed E-state index contributed by atoms with van der Waals surface area (Å²) >= 11 is 2.87. The maximum Gasteiger partial charge on any atom is 0.267 e. The molecule has 186 valence electrons. The molecule has 35 heavy (non-hydrogen) atoms. The van der Waals surface area contributed by atoms with Crippen molar-refractivity contribution in [3.05, 3.63) is 82.3 Å². The van der Waals surface area contributed by atoms with E-state index in [2.05, 4.69) is 20.8 Å². The van der Waals surface area contributed by atoms with Crippen LogP contribution in [0.3, 0.4) is 0 Å². The molecule has 1 N–H and O–H groups in total. The van der Waals surface area contributed by atoms with Crippen molar-refractivity contribution in [2.75, 3.05) is 30.5 Å². The number of aromatic hydroxyl groups is 1. The number of hydrogen-bond acceptors (Lipinski definition) is 5. The summed E-state index contributed by atoms with van der Waals surface area (Å²) in [6, 6.07) is 13.9. The van der Waals surface area contributed by atoms with Crippen molar-refractivity contribution in [1.29, 1.82) is 0 Å². The lowest BCUT2D eigenvalue weighted by Gasteiger charge is -2.25. The number of phenols is 1. The molecule has 0 amide bonds. The van der Waals surface area contributed by atoms with E-state index in [1.807, 2.05) is 0 Å². The first-order valence-corrected chi connectivity index (χ1v) is 13.4. The molecule has 0 radical (unpaired) electrons. The molecule has 1 saturated heterocycles. The molecule has 0 aromatic heterocycles. The van der Waals surface area contributed by atoms with E-state index in [0.717, 1.165) is 30.0 Å². The molecule has 0 saturated carbocycles. The van der Waals surface area contributed by atoms with E-state index >= 15 is 0 Å². The van der Waals surface area contributed by atoms with Crippen molar-refractivity contribution in [1.82, 2.24) is 4.90 Å². The van der Waals surface area contributed by atoms with E-state index in [-0.39, 0.29) is 22.5 Å². The maximum atomic E-state index is 14.7. The Kier molecular flexibility index (Phi) is 7.93. The van der Waals surface area contributed by atoms with Crippen LogP contribution in [-0.2, 0) is 16.6 Å². The highest BCUT2D eigenvalue weighted by Crippen LogP contribution is 2.31. The van der Waals surface area contributed by atoms with E-state index in [1.54, 1.807) is 36.4 Å². The number of benzene rings is 3. The molecular formula is C25H25BrF2N2O4S. The second-order valence-corrected chi connectivity index (χ2v) is 11.0. The van der Waals surface area contributed by atoms with E-state index in [4.69, 9.17) is 4.74 Å². The monoisotopic (exact) mass is 566 g/mol. The average molecular weight is 567 g/mol. The quantitative estimate of drug-likeness (QED) is 0.356. The van der Waals surface area contributed by atoms with Gasteiger partial charge >= 0.3 is 0 Å². The van der Waals surface area contributed by atoms with Gasteiger partial charge in [0.05, 0.1) is 16.7 Å². The molecule has 1 heterocycles. The van der Waals surface area contributed by atoms with Gasteiger partial charge in [-0.3, -0.25) is 9.21 Å². The molecule has 1 fully saturated rings. The molecule has 6 nitrogen and oxygen atoms in total. The Bertz CT molecular complexity index is 1280. The summed E-state index contributed by atoms with van der Waals surface area (Å²) < 4.78 is 62.5. The smallest absolute Gasteiger partial charge is 0.267 e. The summed E-state index contributed by atoms with van der Waals surface area (Å²) in [5.41, 5.74) is 0.709. The fourth-order valence-corrected chi connectivity index (χ4v) is 5.79. The molecule has 1 aliphatic rings. The van der Waals surface area contributed by atoms with Gasteiger partial charge < -0.3 is 9.84 Å². The van der Waals surface area contributed by atoms with E-state index in [0.29, 0.717) is 24.0 Å². The maximum absolute atomic E-state index is 14.7. The minimum absolute atomic E-state index is 0.0394. The second-order valence-electron chi connectivity index (χ2n) is 8.27. The number of sulfonamides is 1. The lowest BCUT2D eigenvalue weighted by atomic mass is 10.2. The lowest BCUT2D eigenvalue weighted by Crippen LogP contribution is -2.31. The molecule has 0 unspecified atom stereocenters. The van der Waals surface area contributed by atoms with Gasteiger partial charge in [0.1, 0.15) is 34.6 Å². The molecule has 1 aliphatic heterocycles. The number of hydrogen-bond donors (Lipinski definition) is 1. The highest BCUT2D eigenvalue weighted by atomic mass is 79.9. The molecule has 10 heteroatoms. The predicted molar refractivity (Wildman–Crippen MR) is 133 cm³/mol. The first-order chi connectivity index (χ1) is 16.7. The van der Waals surface area contributed by atoms with Crippen LogP contribution in [0, 0.1) is 11.6 Å². The zero-order chi connectivity index (χ0) is 25.0. The van der Waals surface area contributed by atoms with Gasteiger partial charge in [-0.05, 0) is 96.0 Å². The fourth-order valence-electron chi connectivity index (χ4n) is 3.96. The molecule has 0 aliphatic carbocycles. The minimum atomic E-state index is -4.51. The summed E-state index contributed by atoms with van der Waals surface area (Å²) in [5, 5.41) is 9.82. The number of phenolic OH excluding ortho intramolecular Hbond substituents is 1. The van der Waals surface area contributed by atoms with E-state index in [1.165, 1.54) is 25.0 Å². The van der Waals surface area contributed by atoms with Crippen LogP contribution < -0.4 is 9.04 Å². The van der Waals surface area contributed by atoms with Crippen molar-refractivity contribution in [3.8, 4) is 11.5 Å². The number of nitrogens with zero attached hydrogens (tertiary/aromatic N) is 2. The van der Waals surface area contributed by atoms with Crippen LogP contribution in [0.15, 0.2) is 70.0 Å². The third kappa shape index (κ3) is 6.12. The second kappa shape index (κ2) is 10.9. The van der Waals surface area contributed by atoms with Crippen LogP contribution in [0.5, 0.6) is 11.5 Å². The van der Waals surface area contributed by atoms with Crippen molar-refractivity contribution in [3.63, 3.8) is 0 Å². The van der Waals surface area contributed by atoms with E-state index in [9.17, 15) is 22.3 Å². The van der Waals surface area contributed by atoms with Gasteiger partial charge in [0, 0.05) is 6.54 Å². The Labute approximate surface area is 211 Å². The van der Waals surface area contributed by atoms with Gasteiger partial charge in [0.25, 0.3) is 10.0 Å². The zero-order valence-corrected chi connectivity index (χ0v) is 21.2. The van der Waals surface area contributed by atoms with Gasteiger partial charge in [-0.2, -0.15) is 0 Å². The average Bonchev–Trinajstić information content (AvgIpc) is 3.34. The Morgan fingerprint density at radius 1 is 1.00 bits per heavy atom. The third-order valence-electron chi connectivity index (χ3n) is 5.78. The third-order valence-corrected chi connectivity index (χ3v) is 8.18. The number of likely N-dealkylation sites (tertiary alicyclic amines) is 1. The Morgan fingerprint density at radius 2 is 1.71 bits per heavy atom. The van der Waals surface area contributed by atoms with Crippen LogP contribution in [0.2, 0.25) is 0 Å². The summed E-state index contributed by atoms with van der Waals surface area (Å²) in [7, 11) is -4.51. The first-order valence-electron chi connectivity index (χ1n) is 11.1.